The van der Waals surface area contributed by atoms with E-state index in [2.05, 4.69) is 80.9 Å². The zero-order chi connectivity index (χ0) is 17.9. The SMILES string of the molecule is O=C[NH][Ga]([NH]C=O)[Zr]([CH]1C=Cc2ccccc21)[CH]1C=Cc2ccccc21. The second kappa shape index (κ2) is 7.95. The number of nitrogens with one attached hydrogen (secondary N) is 2. The maximum atomic E-state index is 11.3. The molecule has 2 unspecified atom stereocenters. The third-order valence-corrected chi connectivity index (χ3v) is 36.2. The summed E-state index contributed by atoms with van der Waals surface area (Å²) in [5.41, 5.74) is 5.25. The Morgan fingerprint density at radius 3 is 1.69 bits per heavy atom. The fraction of sp³-hybridized carbons (Fsp3) is 0.100. The number of carbonyl (C=O) groups excluding carboxylic acids is 2. The predicted octanol–water partition coefficient (Wildman–Crippen LogP) is 2.62. The minimum atomic E-state index is -2.49. The van der Waals surface area contributed by atoms with Crippen LogP contribution in [0, 0.1) is 0 Å². The summed E-state index contributed by atoms with van der Waals surface area (Å²) in [6, 6.07) is 17.0. The van der Waals surface area contributed by atoms with Gasteiger partial charge in [0.1, 0.15) is 0 Å². The van der Waals surface area contributed by atoms with E-state index in [0.29, 0.717) is 7.25 Å². The number of benzene rings is 2. The van der Waals surface area contributed by atoms with Crippen molar-refractivity contribution in [3.8, 4) is 0 Å². The van der Waals surface area contributed by atoms with Crippen molar-refractivity contribution in [1.82, 2.24) is 8.05 Å². The number of amides is 2. The molecule has 127 valence electrons. The Morgan fingerprint density at radius 1 is 0.769 bits per heavy atom. The van der Waals surface area contributed by atoms with Crippen LogP contribution in [0.4, 0.5) is 0 Å². The Bertz CT molecular complexity index is 827. The normalized spacial score (nSPS) is 18.8. The van der Waals surface area contributed by atoms with Crippen molar-refractivity contribution in [3.63, 3.8) is 0 Å². The van der Waals surface area contributed by atoms with Gasteiger partial charge in [0.15, 0.2) is 0 Å². The Morgan fingerprint density at radius 2 is 1.23 bits per heavy atom. The molecule has 0 radical (unpaired) electrons. The summed E-state index contributed by atoms with van der Waals surface area (Å²) in [6.07, 6.45) is 10.6. The molecule has 0 heterocycles. The third-order valence-electron chi connectivity index (χ3n) is 5.12. The van der Waals surface area contributed by atoms with E-state index >= 15 is 0 Å². The molecular formula is C20H18GaN2O2Zr. The van der Waals surface area contributed by atoms with Gasteiger partial charge in [0.2, 0.25) is 0 Å². The zero-order valence-corrected chi connectivity index (χ0v) is 19.0. The molecule has 4 rings (SSSR count). The van der Waals surface area contributed by atoms with E-state index in [1.54, 1.807) is 0 Å². The molecule has 2 aliphatic rings. The summed E-state index contributed by atoms with van der Waals surface area (Å²) in [7, 11) is 0. The zero-order valence-electron chi connectivity index (χ0n) is 14.1. The molecule has 2 amide bonds. The van der Waals surface area contributed by atoms with Gasteiger partial charge in [0, 0.05) is 0 Å². The van der Waals surface area contributed by atoms with E-state index in [9.17, 15) is 9.59 Å². The molecule has 0 bridgehead atoms. The monoisotopic (exact) mass is 477 g/mol. The summed E-state index contributed by atoms with van der Waals surface area (Å²) >= 11 is -4.87. The summed E-state index contributed by atoms with van der Waals surface area (Å²) < 4.78 is 6.92. The Labute approximate surface area is 163 Å². The van der Waals surface area contributed by atoms with Crippen LogP contribution in [-0.4, -0.2) is 25.5 Å². The van der Waals surface area contributed by atoms with Crippen molar-refractivity contribution >= 4 is 37.6 Å². The second-order valence-corrected chi connectivity index (χ2v) is 30.8. The van der Waals surface area contributed by atoms with Gasteiger partial charge in [0.05, 0.1) is 0 Å². The molecule has 26 heavy (non-hydrogen) atoms. The molecule has 0 aliphatic heterocycles. The Hall–Kier alpha value is -1.62. The van der Waals surface area contributed by atoms with Crippen LogP contribution >= 0.6 is 0 Å². The van der Waals surface area contributed by atoms with Gasteiger partial charge in [-0.2, -0.15) is 0 Å². The van der Waals surface area contributed by atoms with Crippen LogP contribution in [0.25, 0.3) is 12.2 Å². The summed E-state index contributed by atoms with van der Waals surface area (Å²) in [4.78, 5) is 22.6. The van der Waals surface area contributed by atoms with Crippen LogP contribution in [0.1, 0.15) is 29.5 Å². The van der Waals surface area contributed by atoms with Crippen LogP contribution in [0.5, 0.6) is 0 Å². The molecule has 2 atom stereocenters. The second-order valence-electron chi connectivity index (χ2n) is 6.43. The third kappa shape index (κ3) is 3.22. The van der Waals surface area contributed by atoms with Crippen LogP contribution < -0.4 is 8.05 Å². The first-order chi connectivity index (χ1) is 12.8. The standard InChI is InChI=1S/2C9H7.2CH3NO.Ga.Zr/c2*1-2-5-9-7-3-6-8(9)4-1;2*2-1-3;;/h2*1-7H;2*1H,(H2,2,3);;/q;;;;+2;/p-2. The number of fused-ring (bicyclic) bond motifs is 2. The molecule has 2 aromatic carbocycles. The summed E-state index contributed by atoms with van der Waals surface area (Å²) in [5, 5.41) is 0. The van der Waals surface area contributed by atoms with Crippen molar-refractivity contribution in [1.29, 1.82) is 0 Å². The van der Waals surface area contributed by atoms with Crippen LogP contribution in [0.2, 0.25) is 0 Å². The fourth-order valence-electron chi connectivity index (χ4n) is 4.01. The van der Waals surface area contributed by atoms with Gasteiger partial charge in [-0.15, -0.1) is 0 Å². The number of hydrogen-bond donors (Lipinski definition) is 2. The van der Waals surface area contributed by atoms with Crippen molar-refractivity contribution in [3.05, 3.63) is 82.9 Å². The van der Waals surface area contributed by atoms with Crippen molar-refractivity contribution in [2.75, 3.05) is 0 Å². The first-order valence-electron chi connectivity index (χ1n) is 8.63. The predicted molar refractivity (Wildman–Crippen MR) is 101 cm³/mol. The van der Waals surface area contributed by atoms with Crippen LogP contribution in [-0.2, 0) is 28.3 Å². The molecule has 0 fully saturated rings. The van der Waals surface area contributed by atoms with Gasteiger partial charge in [-0.3, -0.25) is 0 Å². The van der Waals surface area contributed by atoms with Crippen molar-refractivity contribution in [2.24, 2.45) is 0 Å². The van der Waals surface area contributed by atoms with E-state index in [0.717, 1.165) is 12.8 Å². The van der Waals surface area contributed by atoms with Gasteiger partial charge >= 0.3 is 164 Å². The van der Waals surface area contributed by atoms with E-state index in [4.69, 9.17) is 0 Å². The van der Waals surface area contributed by atoms with E-state index in [1.807, 2.05) is 0 Å². The molecular weight excluding hydrogens is 461 g/mol. The molecule has 2 N–H and O–H groups in total. The first kappa shape index (κ1) is 17.8. The van der Waals surface area contributed by atoms with Crippen molar-refractivity contribution < 1.29 is 28.3 Å². The number of hydrogen-bond acceptors (Lipinski definition) is 2. The van der Waals surface area contributed by atoms with Gasteiger partial charge in [-0.1, -0.05) is 0 Å². The van der Waals surface area contributed by atoms with E-state index in [-0.39, 0.29) is 0 Å². The van der Waals surface area contributed by atoms with E-state index in [1.165, 1.54) is 22.3 Å². The molecule has 0 saturated heterocycles. The summed E-state index contributed by atoms with van der Waals surface area (Å²) in [6.45, 7) is 0. The average Bonchev–Trinajstić information content (AvgIpc) is 3.28. The number of rotatable bonds is 7. The molecule has 4 nitrogen and oxygen atoms in total. The number of carbonyl (C=O) groups is 2. The van der Waals surface area contributed by atoms with Crippen LogP contribution in [0.15, 0.2) is 60.7 Å². The molecule has 2 aromatic rings. The minimum absolute atomic E-state index is 0.374. The van der Waals surface area contributed by atoms with Gasteiger partial charge in [-0.25, -0.2) is 0 Å². The molecule has 0 aromatic heterocycles. The first-order valence-corrected chi connectivity index (χ1v) is 22.5. The maximum absolute atomic E-state index is 11.3. The van der Waals surface area contributed by atoms with Gasteiger partial charge < -0.3 is 0 Å². The molecule has 0 spiro atoms. The fourth-order valence-corrected chi connectivity index (χ4v) is 35.7. The topological polar surface area (TPSA) is 58.2 Å². The molecule has 2 aliphatic carbocycles. The Kier molecular flexibility index (Phi) is 5.44. The average molecular weight is 479 g/mol. The van der Waals surface area contributed by atoms with Gasteiger partial charge in [0.25, 0.3) is 0 Å². The van der Waals surface area contributed by atoms with Crippen molar-refractivity contribution in [2.45, 2.75) is 7.25 Å². The quantitative estimate of drug-likeness (QED) is 0.474. The van der Waals surface area contributed by atoms with Crippen LogP contribution in [0.3, 0.4) is 0 Å². The molecule has 0 saturated carbocycles. The summed E-state index contributed by atoms with van der Waals surface area (Å²) in [5.74, 6) is 0. The Balaban J connectivity index is 1.79. The van der Waals surface area contributed by atoms with Gasteiger partial charge in [-0.05, 0) is 0 Å². The van der Waals surface area contributed by atoms with E-state index < -0.39 is 31.3 Å². The number of allylic oxidation sites excluding steroid dienone is 2. The molecule has 6 heteroatoms.